The first kappa shape index (κ1) is 24.9. The summed E-state index contributed by atoms with van der Waals surface area (Å²) in [5.74, 6) is 1.83. The van der Waals surface area contributed by atoms with Gasteiger partial charge in [-0.05, 0) is 62.7 Å². The van der Waals surface area contributed by atoms with E-state index in [4.69, 9.17) is 4.74 Å². The molecule has 0 atom stereocenters. The van der Waals surface area contributed by atoms with Gasteiger partial charge < -0.3 is 4.74 Å². The van der Waals surface area contributed by atoms with Crippen molar-refractivity contribution in [2.75, 3.05) is 0 Å². The fraction of sp³-hybridized carbons (Fsp3) is 0.0233. The maximum Gasteiger partial charge on any atom is 0.132 e. The van der Waals surface area contributed by atoms with Gasteiger partial charge >= 0.3 is 0 Å². The van der Waals surface area contributed by atoms with E-state index in [1.54, 1.807) is 0 Å². The zero-order chi connectivity index (χ0) is 29.5. The molecule has 2 heteroatoms. The molecule has 1 nitrogen and oxygen atoms in total. The first-order valence-electron chi connectivity index (χ1n) is 15.4. The van der Waals surface area contributed by atoms with Crippen LogP contribution in [0.25, 0.3) is 53.6 Å². The van der Waals surface area contributed by atoms with Crippen LogP contribution in [0.15, 0.2) is 158 Å². The summed E-state index contributed by atoms with van der Waals surface area (Å²) in [4.78, 5) is 0. The number of hydrogen-bond acceptors (Lipinski definition) is 2. The summed E-state index contributed by atoms with van der Waals surface area (Å²) in [5, 5.41) is 2.66. The largest absolute Gasteiger partial charge is 0.457 e. The molecule has 0 radical (unpaired) electrons. The van der Waals surface area contributed by atoms with Crippen molar-refractivity contribution in [3.05, 3.63) is 180 Å². The summed E-state index contributed by atoms with van der Waals surface area (Å²) in [6.45, 7) is 0. The van der Waals surface area contributed by atoms with Crippen molar-refractivity contribution < 1.29 is 4.74 Å². The van der Waals surface area contributed by atoms with Crippen LogP contribution < -0.4 is 4.74 Å². The molecule has 1 aliphatic heterocycles. The van der Waals surface area contributed by atoms with Crippen LogP contribution >= 0.6 is 11.3 Å². The molecule has 8 aromatic rings. The Morgan fingerprint density at radius 1 is 0.400 bits per heavy atom. The molecule has 2 heterocycles. The van der Waals surface area contributed by atoms with Gasteiger partial charge in [0.15, 0.2) is 0 Å². The molecule has 0 fully saturated rings. The van der Waals surface area contributed by atoms with E-state index in [1.165, 1.54) is 70.2 Å². The van der Waals surface area contributed by atoms with Crippen molar-refractivity contribution in [3.8, 4) is 44.9 Å². The third-order valence-electron chi connectivity index (χ3n) is 9.78. The van der Waals surface area contributed by atoms with Gasteiger partial charge in [0.25, 0.3) is 0 Å². The lowest BCUT2D eigenvalue weighted by Crippen LogP contribution is -2.32. The summed E-state index contributed by atoms with van der Waals surface area (Å²) >= 11 is 1.88. The number of thiophene rings is 1. The van der Waals surface area contributed by atoms with E-state index in [-0.39, 0.29) is 0 Å². The van der Waals surface area contributed by atoms with Crippen molar-refractivity contribution in [1.29, 1.82) is 0 Å². The van der Waals surface area contributed by atoms with Gasteiger partial charge in [-0.3, -0.25) is 0 Å². The van der Waals surface area contributed by atoms with Crippen LogP contribution in [0.4, 0.5) is 0 Å². The maximum absolute atomic E-state index is 6.73. The Kier molecular flexibility index (Phi) is 5.14. The molecule has 2 aliphatic rings. The van der Waals surface area contributed by atoms with Crippen LogP contribution in [-0.2, 0) is 5.41 Å². The molecule has 1 spiro atoms. The van der Waals surface area contributed by atoms with Gasteiger partial charge in [0, 0.05) is 31.3 Å². The molecule has 210 valence electrons. The van der Waals surface area contributed by atoms with Crippen LogP contribution in [0.3, 0.4) is 0 Å². The van der Waals surface area contributed by atoms with Crippen molar-refractivity contribution in [2.24, 2.45) is 0 Å². The van der Waals surface area contributed by atoms with Crippen LogP contribution in [0.2, 0.25) is 0 Å². The van der Waals surface area contributed by atoms with E-state index in [1.807, 2.05) is 11.3 Å². The fourth-order valence-electron chi connectivity index (χ4n) is 7.86. The number of fused-ring (bicyclic) bond motifs is 12. The van der Waals surface area contributed by atoms with Gasteiger partial charge in [0.2, 0.25) is 0 Å². The summed E-state index contributed by atoms with van der Waals surface area (Å²) in [6, 6.07) is 57.5. The van der Waals surface area contributed by atoms with Gasteiger partial charge in [-0.2, -0.15) is 0 Å². The second kappa shape index (κ2) is 9.28. The van der Waals surface area contributed by atoms with Crippen LogP contribution in [0, 0.1) is 0 Å². The Labute approximate surface area is 265 Å². The minimum absolute atomic E-state index is 0.428. The number of hydrogen-bond donors (Lipinski definition) is 0. The van der Waals surface area contributed by atoms with Crippen LogP contribution in [0.1, 0.15) is 22.3 Å². The first-order valence-corrected chi connectivity index (χ1v) is 16.2. The van der Waals surface area contributed by atoms with Crippen molar-refractivity contribution >= 4 is 31.5 Å². The van der Waals surface area contributed by atoms with Gasteiger partial charge in [-0.1, -0.05) is 140 Å². The molecule has 0 N–H and O–H groups in total. The second-order valence-corrected chi connectivity index (χ2v) is 13.1. The van der Waals surface area contributed by atoms with Gasteiger partial charge in [-0.25, -0.2) is 0 Å². The van der Waals surface area contributed by atoms with E-state index < -0.39 is 5.41 Å². The average Bonchev–Trinajstić information content (AvgIpc) is 3.63. The number of para-hydroxylation sites is 1. The van der Waals surface area contributed by atoms with Crippen LogP contribution in [-0.4, -0.2) is 0 Å². The third kappa shape index (κ3) is 3.38. The SMILES string of the molecule is c1ccc2c(c1)Oc1cc(-c3ccc(-c4cccc5c4sc4ccccc45)cc3)ccc1C21c2ccccc2-c2ccccc21. The number of ether oxygens (including phenoxy) is 1. The van der Waals surface area contributed by atoms with E-state index in [2.05, 4.69) is 158 Å². The highest BCUT2D eigenvalue weighted by atomic mass is 32.1. The minimum atomic E-state index is -0.428. The Bertz CT molecular complexity index is 2420. The molecule has 0 unspecified atom stereocenters. The van der Waals surface area contributed by atoms with Crippen LogP contribution in [0.5, 0.6) is 11.5 Å². The maximum atomic E-state index is 6.73. The lowest BCUT2D eigenvalue weighted by molar-refractivity contribution is 0.436. The monoisotopic (exact) mass is 590 g/mol. The molecule has 0 saturated carbocycles. The van der Waals surface area contributed by atoms with Crippen molar-refractivity contribution in [2.45, 2.75) is 5.41 Å². The van der Waals surface area contributed by atoms with E-state index in [0.29, 0.717) is 0 Å². The quantitative estimate of drug-likeness (QED) is 0.195. The second-order valence-electron chi connectivity index (χ2n) is 12.0. The average molecular weight is 591 g/mol. The Morgan fingerprint density at radius 3 is 1.78 bits per heavy atom. The minimum Gasteiger partial charge on any atom is -0.457 e. The normalized spacial score (nSPS) is 13.7. The summed E-state index contributed by atoms with van der Waals surface area (Å²) in [6.07, 6.45) is 0. The molecule has 7 aromatic carbocycles. The summed E-state index contributed by atoms with van der Waals surface area (Å²) < 4.78 is 9.40. The lowest BCUT2D eigenvalue weighted by atomic mass is 9.66. The molecule has 45 heavy (non-hydrogen) atoms. The van der Waals surface area contributed by atoms with Crippen molar-refractivity contribution in [3.63, 3.8) is 0 Å². The predicted molar refractivity (Wildman–Crippen MR) is 188 cm³/mol. The standard InChI is InChI=1S/C43H26OS/c1-4-15-35-31(10-1)32-11-2-5-16-36(32)43(35)37-17-6-7-18-39(37)44-40-26-29(24-25-38(40)43)27-20-22-28(23-21-27)30-13-9-14-34-33-12-3-8-19-41(33)45-42(30)34/h1-26H. The predicted octanol–water partition coefficient (Wildman–Crippen LogP) is 11.9. The fourth-order valence-corrected chi connectivity index (χ4v) is 9.10. The topological polar surface area (TPSA) is 9.23 Å². The Hall–Kier alpha value is -5.44. The molecule has 10 rings (SSSR count). The molecule has 1 aliphatic carbocycles. The molecule has 1 aromatic heterocycles. The number of rotatable bonds is 2. The van der Waals surface area contributed by atoms with Crippen molar-refractivity contribution in [1.82, 2.24) is 0 Å². The molecular formula is C43H26OS. The van der Waals surface area contributed by atoms with E-state index in [9.17, 15) is 0 Å². The summed E-state index contributed by atoms with van der Waals surface area (Å²) in [5.41, 5.74) is 12.0. The highest BCUT2D eigenvalue weighted by Crippen LogP contribution is 2.62. The van der Waals surface area contributed by atoms with E-state index >= 15 is 0 Å². The zero-order valence-corrected chi connectivity index (χ0v) is 25.1. The zero-order valence-electron chi connectivity index (χ0n) is 24.3. The van der Waals surface area contributed by atoms with E-state index in [0.717, 1.165) is 17.1 Å². The smallest absolute Gasteiger partial charge is 0.132 e. The number of benzene rings is 7. The lowest BCUT2D eigenvalue weighted by Gasteiger charge is -2.39. The molecular weight excluding hydrogens is 565 g/mol. The van der Waals surface area contributed by atoms with Gasteiger partial charge in [0.1, 0.15) is 11.5 Å². The first-order chi connectivity index (χ1) is 22.3. The third-order valence-corrected chi connectivity index (χ3v) is 11.0. The highest BCUT2D eigenvalue weighted by molar-refractivity contribution is 7.26. The molecule has 0 amide bonds. The molecule has 0 bridgehead atoms. The van der Waals surface area contributed by atoms with Gasteiger partial charge in [0.05, 0.1) is 5.41 Å². The van der Waals surface area contributed by atoms with Gasteiger partial charge in [-0.15, -0.1) is 11.3 Å². The Morgan fingerprint density at radius 2 is 0.978 bits per heavy atom. The highest BCUT2D eigenvalue weighted by Gasteiger charge is 2.50. The molecule has 0 saturated heterocycles. The Balaban J connectivity index is 1.12. The summed E-state index contributed by atoms with van der Waals surface area (Å²) in [7, 11) is 0.